The second kappa shape index (κ2) is 10.4. The number of rotatable bonds is 7. The molecule has 2 aliphatic rings. The van der Waals surface area contributed by atoms with Crippen LogP contribution in [0.4, 0.5) is 0 Å². The fourth-order valence-electron chi connectivity index (χ4n) is 4.77. The summed E-state index contributed by atoms with van der Waals surface area (Å²) in [5, 5.41) is 2.17. The molecule has 0 amide bonds. The van der Waals surface area contributed by atoms with Gasteiger partial charge in [0.2, 0.25) is 0 Å². The lowest BCUT2D eigenvalue weighted by Gasteiger charge is -2.49. The molecule has 0 aromatic carbocycles. The van der Waals surface area contributed by atoms with Crippen LogP contribution in [0.2, 0.25) is 0 Å². The summed E-state index contributed by atoms with van der Waals surface area (Å²) < 4.78 is 10.2. The molecule has 1 heterocycles. The van der Waals surface area contributed by atoms with Crippen LogP contribution in [0.25, 0.3) is 0 Å². The minimum Gasteiger partial charge on any atom is -0.469 e. The van der Waals surface area contributed by atoms with Gasteiger partial charge < -0.3 is 14.3 Å². The van der Waals surface area contributed by atoms with Crippen molar-refractivity contribution in [2.75, 3.05) is 14.2 Å². The Morgan fingerprint density at radius 2 is 1.86 bits per heavy atom. The van der Waals surface area contributed by atoms with Crippen LogP contribution in [-0.2, 0) is 23.9 Å². The van der Waals surface area contributed by atoms with Crippen molar-refractivity contribution in [3.05, 3.63) is 12.2 Å². The van der Waals surface area contributed by atoms with E-state index in [0.29, 0.717) is 30.3 Å². The lowest BCUT2D eigenvalue weighted by Crippen LogP contribution is -2.53. The minimum atomic E-state index is -0.464. The van der Waals surface area contributed by atoms with Crippen LogP contribution in [-0.4, -0.2) is 48.9 Å². The Bertz CT molecular complexity index is 554. The molecule has 1 aliphatic heterocycles. The molecular weight excluding hydrogens is 358 g/mol. The Kier molecular flexibility index (Phi) is 8.50. The van der Waals surface area contributed by atoms with Crippen molar-refractivity contribution in [3.8, 4) is 0 Å². The van der Waals surface area contributed by atoms with Gasteiger partial charge in [-0.1, -0.05) is 12.5 Å². The maximum Gasteiger partial charge on any atom is 0.330 e. The average molecular weight is 396 g/mol. The summed E-state index contributed by atoms with van der Waals surface area (Å²) in [6.07, 6.45) is 11.2. The van der Waals surface area contributed by atoms with Crippen LogP contribution in [0, 0.1) is 11.8 Å². The average Bonchev–Trinajstić information content (AvgIpc) is 2.63. The van der Waals surface area contributed by atoms with Crippen molar-refractivity contribution < 1.29 is 23.9 Å². The van der Waals surface area contributed by atoms with E-state index >= 15 is 0 Å². The second-order valence-corrected chi connectivity index (χ2v) is 8.99. The number of hydrogen-bond donors (Lipinski definition) is 0. The zero-order valence-corrected chi connectivity index (χ0v) is 18.1. The summed E-state index contributed by atoms with van der Waals surface area (Å²) in [6, 6.07) is 0.702. The van der Waals surface area contributed by atoms with Crippen LogP contribution >= 0.6 is 0 Å². The standard InChI is InChI=1S/C22H37NO5/c1-22(2,3)28-20(24)12-7-6-10-17-13-14-18-16(15-21(25)26-4)9-8-11-19(18)23(17)27-5/h7,12,16-19H,6,8-11,13-15H2,1-5H3/b12-7+/t16-,17+,18-,19+/m0/s1. The van der Waals surface area contributed by atoms with Gasteiger partial charge in [0.1, 0.15) is 5.60 Å². The first kappa shape index (κ1) is 22.9. The molecule has 0 radical (unpaired) electrons. The van der Waals surface area contributed by atoms with Crippen molar-refractivity contribution in [2.45, 2.75) is 89.8 Å². The van der Waals surface area contributed by atoms with Crippen molar-refractivity contribution in [3.63, 3.8) is 0 Å². The van der Waals surface area contributed by atoms with E-state index in [0.717, 1.165) is 44.9 Å². The fourth-order valence-corrected chi connectivity index (χ4v) is 4.77. The lowest BCUT2D eigenvalue weighted by molar-refractivity contribution is -0.232. The van der Waals surface area contributed by atoms with Gasteiger partial charge in [-0.15, -0.1) is 0 Å². The van der Waals surface area contributed by atoms with Crippen molar-refractivity contribution in [1.29, 1.82) is 0 Å². The number of hydroxylamine groups is 2. The van der Waals surface area contributed by atoms with Crippen LogP contribution in [0.5, 0.6) is 0 Å². The number of ether oxygens (including phenoxy) is 2. The van der Waals surface area contributed by atoms with E-state index in [9.17, 15) is 9.59 Å². The highest BCUT2D eigenvalue weighted by Gasteiger charge is 2.43. The fraction of sp³-hybridized carbons (Fsp3) is 0.818. The van der Waals surface area contributed by atoms with Gasteiger partial charge in [0.25, 0.3) is 0 Å². The Balaban J connectivity index is 1.89. The number of methoxy groups -OCH3 is 1. The molecule has 1 aliphatic carbocycles. The summed E-state index contributed by atoms with van der Waals surface area (Å²) in [6.45, 7) is 5.60. The van der Waals surface area contributed by atoms with Gasteiger partial charge in [-0.05, 0) is 71.1 Å². The summed E-state index contributed by atoms with van der Waals surface area (Å²) in [7, 11) is 3.21. The number of fused-ring (bicyclic) bond motifs is 1. The molecule has 0 unspecified atom stereocenters. The van der Waals surface area contributed by atoms with E-state index in [-0.39, 0.29) is 11.9 Å². The molecule has 0 aromatic heterocycles. The molecule has 28 heavy (non-hydrogen) atoms. The molecule has 6 heteroatoms. The molecule has 6 nitrogen and oxygen atoms in total. The van der Waals surface area contributed by atoms with Crippen molar-refractivity contribution >= 4 is 11.9 Å². The third-order valence-corrected chi connectivity index (χ3v) is 5.89. The summed E-state index contributed by atoms with van der Waals surface area (Å²) in [5.74, 6) is 0.472. The molecule has 1 saturated heterocycles. The molecule has 2 fully saturated rings. The SMILES string of the molecule is COC(=O)C[C@@H]1CCC[C@@H]2[C@H]1CC[C@@H](CC/C=C/C(=O)OC(C)(C)C)N2OC. The number of carbonyl (C=O) groups is 2. The van der Waals surface area contributed by atoms with Crippen LogP contribution in [0.3, 0.4) is 0 Å². The summed E-state index contributed by atoms with van der Waals surface area (Å²) >= 11 is 0. The number of piperidine rings is 1. The Hall–Kier alpha value is -1.40. The summed E-state index contributed by atoms with van der Waals surface area (Å²) in [4.78, 5) is 29.4. The largest absolute Gasteiger partial charge is 0.469 e. The number of hydrogen-bond acceptors (Lipinski definition) is 6. The molecule has 1 saturated carbocycles. The highest BCUT2D eigenvalue weighted by atomic mass is 16.7. The number of allylic oxidation sites excluding steroid dienone is 1. The van der Waals surface area contributed by atoms with E-state index in [4.69, 9.17) is 14.3 Å². The number of nitrogens with zero attached hydrogens (tertiary/aromatic N) is 1. The smallest absolute Gasteiger partial charge is 0.330 e. The first-order chi connectivity index (χ1) is 13.2. The van der Waals surface area contributed by atoms with Crippen LogP contribution in [0.1, 0.15) is 72.1 Å². The molecule has 0 spiro atoms. The van der Waals surface area contributed by atoms with Gasteiger partial charge in [0.05, 0.1) is 14.2 Å². The van der Waals surface area contributed by atoms with E-state index in [1.54, 1.807) is 7.11 Å². The molecule has 0 bridgehead atoms. The second-order valence-electron chi connectivity index (χ2n) is 8.99. The quantitative estimate of drug-likeness (QED) is 0.479. The zero-order valence-electron chi connectivity index (χ0n) is 18.1. The molecule has 0 N–H and O–H groups in total. The van der Waals surface area contributed by atoms with Gasteiger partial charge in [0.15, 0.2) is 0 Å². The maximum atomic E-state index is 11.8. The lowest BCUT2D eigenvalue weighted by atomic mass is 9.69. The van der Waals surface area contributed by atoms with Crippen LogP contribution < -0.4 is 0 Å². The summed E-state index contributed by atoms with van der Waals surface area (Å²) in [5.41, 5.74) is -0.464. The van der Waals surface area contributed by atoms with E-state index in [2.05, 4.69) is 5.06 Å². The Morgan fingerprint density at radius 1 is 1.11 bits per heavy atom. The topological polar surface area (TPSA) is 65.1 Å². The zero-order chi connectivity index (χ0) is 20.7. The Labute approximate surface area is 169 Å². The third kappa shape index (κ3) is 6.59. The predicted octanol–water partition coefficient (Wildman–Crippen LogP) is 4.04. The van der Waals surface area contributed by atoms with E-state index < -0.39 is 5.60 Å². The highest BCUT2D eigenvalue weighted by Crippen LogP contribution is 2.43. The molecule has 160 valence electrons. The Morgan fingerprint density at radius 3 is 2.50 bits per heavy atom. The molecule has 0 aromatic rings. The maximum absolute atomic E-state index is 11.8. The van der Waals surface area contributed by atoms with Gasteiger partial charge in [-0.3, -0.25) is 4.79 Å². The number of carbonyl (C=O) groups excluding carboxylic acids is 2. The van der Waals surface area contributed by atoms with E-state index in [1.165, 1.54) is 13.2 Å². The van der Waals surface area contributed by atoms with Crippen molar-refractivity contribution in [2.24, 2.45) is 11.8 Å². The molecular formula is C22H37NO5. The minimum absolute atomic E-state index is 0.107. The third-order valence-electron chi connectivity index (χ3n) is 5.89. The first-order valence-corrected chi connectivity index (χ1v) is 10.5. The van der Waals surface area contributed by atoms with Crippen molar-refractivity contribution in [1.82, 2.24) is 5.06 Å². The first-order valence-electron chi connectivity index (χ1n) is 10.5. The molecule has 4 atom stereocenters. The molecule has 2 rings (SSSR count). The van der Waals surface area contributed by atoms with Gasteiger partial charge >= 0.3 is 11.9 Å². The monoisotopic (exact) mass is 395 g/mol. The van der Waals surface area contributed by atoms with Gasteiger partial charge in [0, 0.05) is 24.6 Å². The van der Waals surface area contributed by atoms with Gasteiger partial charge in [-0.2, -0.15) is 5.06 Å². The highest BCUT2D eigenvalue weighted by molar-refractivity contribution is 5.82. The normalized spacial score (nSPS) is 28.8. The number of esters is 2. The van der Waals surface area contributed by atoms with Gasteiger partial charge in [-0.25, -0.2) is 4.79 Å². The van der Waals surface area contributed by atoms with Crippen LogP contribution in [0.15, 0.2) is 12.2 Å². The van der Waals surface area contributed by atoms with E-state index in [1.807, 2.05) is 26.8 Å². The predicted molar refractivity (Wildman–Crippen MR) is 107 cm³/mol.